The zero-order chi connectivity index (χ0) is 15.0. The normalized spacial score (nSPS) is 17.6. The van der Waals surface area contributed by atoms with Crippen LogP contribution in [0.2, 0.25) is 0 Å². The molecule has 110 valence electrons. The number of nitrogens with two attached hydrogens (primary N) is 1. The third kappa shape index (κ3) is 2.74. The second kappa shape index (κ2) is 5.41. The van der Waals surface area contributed by atoms with Gasteiger partial charge in [0.05, 0.1) is 6.54 Å². The minimum Gasteiger partial charge on any atom is -0.324 e. The molecule has 2 aromatic rings. The number of halogens is 2. The average molecular weight is 290 g/mol. The van der Waals surface area contributed by atoms with Crippen molar-refractivity contribution in [3.8, 4) is 0 Å². The summed E-state index contributed by atoms with van der Waals surface area (Å²) in [5.41, 5.74) is 8.17. The molecule has 0 fully saturated rings. The van der Waals surface area contributed by atoms with E-state index in [1.807, 2.05) is 0 Å². The number of rotatable bonds is 2. The Bertz CT molecular complexity index is 719. The van der Waals surface area contributed by atoms with Crippen molar-refractivity contribution in [2.75, 3.05) is 0 Å². The van der Waals surface area contributed by atoms with Gasteiger partial charge in [0.1, 0.15) is 11.6 Å². The van der Waals surface area contributed by atoms with Gasteiger partial charge in [-0.15, -0.1) is 0 Å². The molecule has 1 unspecified atom stereocenters. The highest BCUT2D eigenvalue weighted by Crippen LogP contribution is 2.27. The predicted molar refractivity (Wildman–Crippen MR) is 76.0 cm³/mol. The summed E-state index contributed by atoms with van der Waals surface area (Å²) in [4.78, 5) is 12.1. The second-order valence-electron chi connectivity index (χ2n) is 5.44. The van der Waals surface area contributed by atoms with E-state index in [9.17, 15) is 13.6 Å². The Morgan fingerprint density at radius 3 is 2.62 bits per heavy atom. The molecule has 1 atom stereocenters. The molecular weight excluding hydrogens is 274 g/mol. The highest BCUT2D eigenvalue weighted by Gasteiger charge is 2.20. The van der Waals surface area contributed by atoms with Crippen LogP contribution in [0.1, 0.15) is 35.7 Å². The van der Waals surface area contributed by atoms with E-state index in [4.69, 9.17) is 5.73 Å². The Hall–Kier alpha value is -2.01. The van der Waals surface area contributed by atoms with Crippen molar-refractivity contribution in [1.29, 1.82) is 0 Å². The maximum atomic E-state index is 13.3. The summed E-state index contributed by atoms with van der Waals surface area (Å²) in [6.07, 6.45) is 2.56. The first-order valence-corrected chi connectivity index (χ1v) is 6.98. The summed E-state index contributed by atoms with van der Waals surface area (Å²) in [6, 6.07) is 6.48. The van der Waals surface area contributed by atoms with Crippen LogP contribution in [0.15, 0.2) is 35.1 Å². The monoisotopic (exact) mass is 290 g/mol. The summed E-state index contributed by atoms with van der Waals surface area (Å²) in [5.74, 6) is -1.28. The van der Waals surface area contributed by atoms with E-state index in [-0.39, 0.29) is 18.1 Å². The fraction of sp³-hybridized carbons (Fsp3) is 0.312. The van der Waals surface area contributed by atoms with Crippen molar-refractivity contribution in [1.82, 2.24) is 4.57 Å². The van der Waals surface area contributed by atoms with Crippen LogP contribution in [0, 0.1) is 11.6 Å². The summed E-state index contributed by atoms with van der Waals surface area (Å²) in [7, 11) is 0. The van der Waals surface area contributed by atoms with Crippen molar-refractivity contribution < 1.29 is 8.78 Å². The van der Waals surface area contributed by atoms with Crippen molar-refractivity contribution in [3.05, 3.63) is 69.1 Å². The van der Waals surface area contributed by atoms with Gasteiger partial charge in [-0.2, -0.15) is 0 Å². The van der Waals surface area contributed by atoms with Crippen molar-refractivity contribution >= 4 is 0 Å². The summed E-state index contributed by atoms with van der Waals surface area (Å²) in [5, 5.41) is 0. The molecule has 1 aromatic carbocycles. The van der Waals surface area contributed by atoms with E-state index >= 15 is 0 Å². The van der Waals surface area contributed by atoms with E-state index in [2.05, 4.69) is 0 Å². The van der Waals surface area contributed by atoms with Crippen molar-refractivity contribution in [2.45, 2.75) is 31.8 Å². The van der Waals surface area contributed by atoms with Gasteiger partial charge in [0, 0.05) is 23.9 Å². The fourth-order valence-corrected chi connectivity index (χ4v) is 2.96. The molecule has 21 heavy (non-hydrogen) atoms. The Morgan fingerprint density at radius 2 is 1.90 bits per heavy atom. The Morgan fingerprint density at radius 1 is 1.19 bits per heavy atom. The smallest absolute Gasteiger partial charge is 0.251 e. The van der Waals surface area contributed by atoms with Gasteiger partial charge in [-0.05, 0) is 42.5 Å². The predicted octanol–water partition coefficient (Wildman–Crippen LogP) is 2.51. The zero-order valence-electron chi connectivity index (χ0n) is 11.5. The molecule has 3 rings (SSSR count). The molecule has 1 aromatic heterocycles. The molecule has 0 aliphatic heterocycles. The largest absolute Gasteiger partial charge is 0.324 e. The van der Waals surface area contributed by atoms with E-state index in [1.54, 1.807) is 10.6 Å². The van der Waals surface area contributed by atoms with Crippen LogP contribution in [-0.2, 0) is 13.0 Å². The van der Waals surface area contributed by atoms with Gasteiger partial charge in [0.25, 0.3) is 5.56 Å². The van der Waals surface area contributed by atoms with Crippen LogP contribution < -0.4 is 11.3 Å². The highest BCUT2D eigenvalue weighted by molar-refractivity contribution is 5.28. The molecule has 2 N–H and O–H groups in total. The summed E-state index contributed by atoms with van der Waals surface area (Å²) >= 11 is 0. The van der Waals surface area contributed by atoms with Gasteiger partial charge in [-0.1, -0.05) is 6.07 Å². The molecule has 0 saturated carbocycles. The molecule has 1 aliphatic rings. The van der Waals surface area contributed by atoms with Gasteiger partial charge in [0.2, 0.25) is 0 Å². The van der Waals surface area contributed by atoms with Crippen LogP contribution in [0.3, 0.4) is 0 Å². The zero-order valence-corrected chi connectivity index (χ0v) is 11.5. The lowest BCUT2D eigenvalue weighted by molar-refractivity contribution is 0.527. The lowest BCUT2D eigenvalue weighted by Crippen LogP contribution is -2.29. The summed E-state index contributed by atoms with van der Waals surface area (Å²) < 4.78 is 28.1. The van der Waals surface area contributed by atoms with Crippen molar-refractivity contribution in [3.63, 3.8) is 0 Å². The van der Waals surface area contributed by atoms with Crippen LogP contribution in [0.4, 0.5) is 8.78 Å². The quantitative estimate of drug-likeness (QED) is 0.924. The number of hydrogen-bond donors (Lipinski definition) is 1. The van der Waals surface area contributed by atoms with Crippen molar-refractivity contribution in [2.24, 2.45) is 5.73 Å². The Balaban J connectivity index is 2.06. The molecule has 3 nitrogen and oxygen atoms in total. The number of pyridine rings is 1. The van der Waals surface area contributed by atoms with Gasteiger partial charge in [0.15, 0.2) is 0 Å². The molecule has 0 spiro atoms. The Kier molecular flexibility index (Phi) is 3.59. The number of benzene rings is 1. The van der Waals surface area contributed by atoms with Gasteiger partial charge >= 0.3 is 0 Å². The number of hydrogen-bond acceptors (Lipinski definition) is 2. The molecule has 0 radical (unpaired) electrons. The van der Waals surface area contributed by atoms with Crippen LogP contribution >= 0.6 is 0 Å². The maximum absolute atomic E-state index is 13.3. The highest BCUT2D eigenvalue weighted by atomic mass is 19.1. The lowest BCUT2D eigenvalue weighted by atomic mass is 9.91. The molecule has 1 aliphatic carbocycles. The van der Waals surface area contributed by atoms with Gasteiger partial charge in [-0.3, -0.25) is 4.79 Å². The minimum atomic E-state index is -0.639. The SMILES string of the molecule is NC1CCCc2c1ccc(=O)n2Cc1cc(F)cc(F)c1. The molecule has 0 amide bonds. The minimum absolute atomic E-state index is 0.0788. The van der Waals surface area contributed by atoms with E-state index < -0.39 is 11.6 Å². The molecule has 0 saturated heterocycles. The molecule has 1 heterocycles. The van der Waals surface area contributed by atoms with Crippen LogP contribution in [-0.4, -0.2) is 4.57 Å². The topological polar surface area (TPSA) is 48.0 Å². The Labute approximate surface area is 121 Å². The maximum Gasteiger partial charge on any atom is 0.251 e. The first kappa shape index (κ1) is 13.9. The molecule has 0 bridgehead atoms. The first-order chi connectivity index (χ1) is 10.0. The number of nitrogens with zero attached hydrogens (tertiary/aromatic N) is 1. The third-order valence-corrected chi connectivity index (χ3v) is 3.92. The second-order valence-corrected chi connectivity index (χ2v) is 5.44. The first-order valence-electron chi connectivity index (χ1n) is 6.98. The van der Waals surface area contributed by atoms with E-state index in [0.29, 0.717) is 5.56 Å². The van der Waals surface area contributed by atoms with E-state index in [0.717, 1.165) is 36.6 Å². The summed E-state index contributed by atoms with van der Waals surface area (Å²) in [6.45, 7) is 0.156. The average Bonchev–Trinajstić information content (AvgIpc) is 2.41. The van der Waals surface area contributed by atoms with E-state index in [1.165, 1.54) is 18.2 Å². The fourth-order valence-electron chi connectivity index (χ4n) is 2.96. The standard InChI is InChI=1S/C16H16F2N2O/c17-11-6-10(7-12(18)8-11)9-20-15-3-1-2-14(19)13(15)4-5-16(20)21/h4-8,14H,1-3,9,19H2. The number of fused-ring (bicyclic) bond motifs is 1. The third-order valence-electron chi connectivity index (χ3n) is 3.92. The molecule has 5 heteroatoms. The van der Waals surface area contributed by atoms with Gasteiger partial charge < -0.3 is 10.3 Å². The lowest BCUT2D eigenvalue weighted by Gasteiger charge is -2.25. The molecular formula is C16H16F2N2O. The van der Waals surface area contributed by atoms with Gasteiger partial charge in [-0.25, -0.2) is 8.78 Å². The van der Waals surface area contributed by atoms with Crippen LogP contribution in [0.5, 0.6) is 0 Å². The van der Waals surface area contributed by atoms with Crippen LogP contribution in [0.25, 0.3) is 0 Å². The number of aromatic nitrogens is 1.